The third-order valence-corrected chi connectivity index (χ3v) is 4.89. The first-order valence-electron chi connectivity index (χ1n) is 9.85. The molecule has 1 heterocycles. The Balaban J connectivity index is 1.81. The van der Waals surface area contributed by atoms with E-state index in [0.29, 0.717) is 19.6 Å². The lowest BCUT2D eigenvalue weighted by molar-refractivity contribution is 0.0214. The zero-order valence-electron chi connectivity index (χ0n) is 17.2. The summed E-state index contributed by atoms with van der Waals surface area (Å²) in [4.78, 5) is 27.8. The fraction of sp³-hybridized carbons (Fsp3) is 0.391. The summed E-state index contributed by atoms with van der Waals surface area (Å²) in [5.41, 5.74) is 1.88. The number of carboxylic acid groups (broad SMARTS) is 1. The Morgan fingerprint density at radius 2 is 1.69 bits per heavy atom. The van der Waals surface area contributed by atoms with Gasteiger partial charge < -0.3 is 19.6 Å². The summed E-state index contributed by atoms with van der Waals surface area (Å²) in [5, 5.41) is 9.15. The molecule has 0 bridgehead atoms. The number of rotatable bonds is 4. The van der Waals surface area contributed by atoms with E-state index in [0.717, 1.165) is 12.1 Å². The number of nitrogens with zero attached hydrogens (tertiary/aromatic N) is 2. The van der Waals surface area contributed by atoms with E-state index < -0.39 is 11.6 Å². The van der Waals surface area contributed by atoms with E-state index in [1.807, 2.05) is 51.1 Å². The van der Waals surface area contributed by atoms with Crippen molar-refractivity contribution in [1.29, 1.82) is 0 Å². The highest BCUT2D eigenvalue weighted by atomic mass is 16.6. The van der Waals surface area contributed by atoms with E-state index in [-0.39, 0.29) is 17.7 Å². The van der Waals surface area contributed by atoms with Crippen LogP contribution in [0.25, 0.3) is 0 Å². The van der Waals surface area contributed by atoms with Gasteiger partial charge in [0.25, 0.3) is 0 Å². The quantitative estimate of drug-likeness (QED) is 0.844. The fourth-order valence-corrected chi connectivity index (χ4v) is 3.54. The van der Waals surface area contributed by atoms with E-state index in [1.54, 1.807) is 17.0 Å². The fourth-order valence-electron chi connectivity index (χ4n) is 3.54. The van der Waals surface area contributed by atoms with Gasteiger partial charge in [0, 0.05) is 25.3 Å². The van der Waals surface area contributed by atoms with E-state index in [9.17, 15) is 9.59 Å². The smallest absolute Gasteiger partial charge is 0.410 e. The van der Waals surface area contributed by atoms with Crippen LogP contribution in [0.3, 0.4) is 0 Å². The molecule has 1 aliphatic rings. The number of carbonyl (C=O) groups excluding carboxylic acids is 1. The number of aromatic carboxylic acids is 1. The third kappa shape index (κ3) is 5.50. The molecule has 0 aliphatic carbocycles. The van der Waals surface area contributed by atoms with Gasteiger partial charge in [-0.2, -0.15) is 0 Å². The highest BCUT2D eigenvalue weighted by Crippen LogP contribution is 2.25. The van der Waals surface area contributed by atoms with Crippen LogP contribution in [0.4, 0.5) is 10.5 Å². The predicted octanol–water partition coefficient (Wildman–Crippen LogP) is 4.05. The van der Waals surface area contributed by atoms with Gasteiger partial charge in [-0.15, -0.1) is 0 Å². The number of anilines is 1. The van der Waals surface area contributed by atoms with Crippen molar-refractivity contribution in [2.45, 2.75) is 38.8 Å². The second-order valence-corrected chi connectivity index (χ2v) is 8.32. The largest absolute Gasteiger partial charge is 0.478 e. The van der Waals surface area contributed by atoms with Crippen molar-refractivity contribution in [3.05, 3.63) is 65.7 Å². The summed E-state index contributed by atoms with van der Waals surface area (Å²) in [6, 6.07) is 17.2. The van der Waals surface area contributed by atoms with Gasteiger partial charge in [-0.3, -0.25) is 0 Å². The lowest BCUT2D eigenvalue weighted by atomic mass is 10.0. The second-order valence-electron chi connectivity index (χ2n) is 8.32. The molecule has 1 atom stereocenters. The van der Waals surface area contributed by atoms with Crippen LogP contribution in [0.1, 0.15) is 36.7 Å². The van der Waals surface area contributed by atoms with Crippen molar-refractivity contribution in [3.8, 4) is 0 Å². The lowest BCUT2D eigenvalue weighted by Crippen LogP contribution is -2.56. The summed E-state index contributed by atoms with van der Waals surface area (Å²) in [7, 11) is 0. The lowest BCUT2D eigenvalue weighted by Gasteiger charge is -2.43. The molecular weight excluding hydrogens is 368 g/mol. The molecule has 6 nitrogen and oxygen atoms in total. The first-order chi connectivity index (χ1) is 13.7. The van der Waals surface area contributed by atoms with Crippen LogP contribution in [0.2, 0.25) is 0 Å². The average molecular weight is 396 g/mol. The highest BCUT2D eigenvalue weighted by molar-refractivity contribution is 5.88. The molecule has 0 radical (unpaired) electrons. The molecule has 1 N–H and O–H groups in total. The minimum Gasteiger partial charge on any atom is -0.478 e. The molecule has 0 unspecified atom stereocenters. The second kappa shape index (κ2) is 8.55. The molecule has 3 rings (SSSR count). The SMILES string of the molecule is CC(C)(C)OC(=O)N1CCN(c2ccc(C(=O)O)cc2)[C@H](Cc2ccccc2)C1. The molecule has 0 spiro atoms. The maximum absolute atomic E-state index is 12.6. The Labute approximate surface area is 171 Å². The first-order valence-corrected chi connectivity index (χ1v) is 9.85. The van der Waals surface area contributed by atoms with Gasteiger partial charge in [0.2, 0.25) is 0 Å². The molecule has 154 valence electrons. The minimum absolute atomic E-state index is 0.0642. The molecule has 1 aliphatic heterocycles. The summed E-state index contributed by atoms with van der Waals surface area (Å²) >= 11 is 0. The zero-order valence-corrected chi connectivity index (χ0v) is 17.2. The maximum Gasteiger partial charge on any atom is 0.410 e. The Bertz CT molecular complexity index is 843. The number of hydrogen-bond acceptors (Lipinski definition) is 4. The van der Waals surface area contributed by atoms with E-state index in [1.165, 1.54) is 5.56 Å². The Hall–Kier alpha value is -3.02. The van der Waals surface area contributed by atoms with Crippen LogP contribution in [-0.2, 0) is 11.2 Å². The standard InChI is InChI=1S/C23H28N2O4/c1-23(2,3)29-22(28)24-13-14-25(19-11-9-18(10-12-19)21(26)27)20(16-24)15-17-7-5-4-6-8-17/h4-12,20H,13-16H2,1-3H3,(H,26,27)/t20-/m1/s1. The monoisotopic (exact) mass is 396 g/mol. The molecule has 0 aromatic heterocycles. The summed E-state index contributed by atoms with van der Waals surface area (Å²) in [6.07, 6.45) is 0.484. The van der Waals surface area contributed by atoms with Crippen molar-refractivity contribution in [1.82, 2.24) is 4.90 Å². The molecule has 1 fully saturated rings. The van der Waals surface area contributed by atoms with Gasteiger partial charge in [0.15, 0.2) is 0 Å². The third-order valence-electron chi connectivity index (χ3n) is 4.89. The number of carbonyl (C=O) groups is 2. The van der Waals surface area contributed by atoms with Crippen molar-refractivity contribution >= 4 is 17.7 Å². The van der Waals surface area contributed by atoms with Gasteiger partial charge in [0.05, 0.1) is 11.6 Å². The minimum atomic E-state index is -0.938. The molecule has 2 aromatic carbocycles. The van der Waals surface area contributed by atoms with Crippen LogP contribution < -0.4 is 4.90 Å². The molecule has 1 amide bonds. The predicted molar refractivity (Wildman–Crippen MR) is 112 cm³/mol. The summed E-state index contributed by atoms with van der Waals surface area (Å²) in [5.74, 6) is -0.938. The van der Waals surface area contributed by atoms with Crippen molar-refractivity contribution in [2.24, 2.45) is 0 Å². The molecule has 6 heteroatoms. The number of benzene rings is 2. The number of piperazine rings is 1. The summed E-state index contributed by atoms with van der Waals surface area (Å²) < 4.78 is 5.56. The molecular formula is C23H28N2O4. The van der Waals surface area contributed by atoms with Gasteiger partial charge >= 0.3 is 12.1 Å². The Morgan fingerprint density at radius 1 is 1.03 bits per heavy atom. The Kier molecular flexibility index (Phi) is 6.11. The first kappa shape index (κ1) is 20.7. The zero-order chi connectivity index (χ0) is 21.0. The van der Waals surface area contributed by atoms with E-state index in [4.69, 9.17) is 9.84 Å². The van der Waals surface area contributed by atoms with Gasteiger partial charge in [-0.05, 0) is 57.0 Å². The van der Waals surface area contributed by atoms with Crippen molar-refractivity contribution in [2.75, 3.05) is 24.5 Å². The van der Waals surface area contributed by atoms with Gasteiger partial charge in [0.1, 0.15) is 5.60 Å². The van der Waals surface area contributed by atoms with Gasteiger partial charge in [-0.25, -0.2) is 9.59 Å². The molecule has 2 aromatic rings. The van der Waals surface area contributed by atoms with Crippen molar-refractivity contribution in [3.63, 3.8) is 0 Å². The number of ether oxygens (including phenoxy) is 1. The van der Waals surface area contributed by atoms with E-state index >= 15 is 0 Å². The van der Waals surface area contributed by atoms with Crippen LogP contribution in [0.15, 0.2) is 54.6 Å². The average Bonchev–Trinajstić information content (AvgIpc) is 2.67. The van der Waals surface area contributed by atoms with E-state index in [2.05, 4.69) is 17.0 Å². The van der Waals surface area contributed by atoms with Gasteiger partial charge in [-0.1, -0.05) is 30.3 Å². The molecule has 0 saturated carbocycles. The van der Waals surface area contributed by atoms with Crippen molar-refractivity contribution < 1.29 is 19.4 Å². The van der Waals surface area contributed by atoms with Crippen LogP contribution in [0, 0.1) is 0 Å². The van der Waals surface area contributed by atoms with Crippen LogP contribution >= 0.6 is 0 Å². The Morgan fingerprint density at radius 3 is 2.28 bits per heavy atom. The number of carboxylic acids is 1. The summed E-state index contributed by atoms with van der Waals surface area (Å²) in [6.45, 7) is 7.36. The number of amides is 1. The topological polar surface area (TPSA) is 70.1 Å². The molecule has 29 heavy (non-hydrogen) atoms. The normalized spacial score (nSPS) is 17.1. The molecule has 1 saturated heterocycles. The maximum atomic E-state index is 12.6. The van der Waals surface area contributed by atoms with Crippen LogP contribution in [0.5, 0.6) is 0 Å². The highest BCUT2D eigenvalue weighted by Gasteiger charge is 2.32. The number of hydrogen-bond donors (Lipinski definition) is 1. The van der Waals surface area contributed by atoms with Crippen LogP contribution in [-0.4, -0.2) is 53.3 Å².